The SMILES string of the molecule is COc1ccc(Cn2ncc(NC(C)COCc3cn(C4CCN(c5ncc(C)cn5)C4)nn3)c(C(F)(F)F)c2=O)cc1. The van der Waals surface area contributed by atoms with E-state index in [1.807, 2.05) is 6.92 Å². The van der Waals surface area contributed by atoms with Crippen LogP contribution in [0.3, 0.4) is 0 Å². The van der Waals surface area contributed by atoms with E-state index in [-0.39, 0.29) is 25.8 Å². The van der Waals surface area contributed by atoms with Gasteiger partial charge in [0.25, 0.3) is 5.56 Å². The van der Waals surface area contributed by atoms with E-state index in [4.69, 9.17) is 9.47 Å². The second kappa shape index (κ2) is 12.8. The van der Waals surface area contributed by atoms with Crippen LogP contribution in [0.4, 0.5) is 24.8 Å². The number of hydrogen-bond donors (Lipinski definition) is 1. The van der Waals surface area contributed by atoms with Crippen LogP contribution in [-0.4, -0.2) is 67.6 Å². The Morgan fingerprint density at radius 3 is 2.58 bits per heavy atom. The number of nitrogens with one attached hydrogen (secondary N) is 1. The minimum absolute atomic E-state index is 0.0566. The van der Waals surface area contributed by atoms with E-state index in [2.05, 4.69) is 35.6 Å². The maximum atomic E-state index is 14.0. The second-order valence-corrected chi connectivity index (χ2v) is 10.4. The van der Waals surface area contributed by atoms with Crippen molar-refractivity contribution in [2.75, 3.05) is 37.0 Å². The molecule has 0 bridgehead atoms. The third-order valence-corrected chi connectivity index (χ3v) is 6.98. The molecule has 1 aliphatic rings. The summed E-state index contributed by atoms with van der Waals surface area (Å²) in [5.41, 5.74) is -0.765. The van der Waals surface area contributed by atoms with Crippen molar-refractivity contribution in [3.63, 3.8) is 0 Å². The highest BCUT2D eigenvalue weighted by Gasteiger charge is 2.38. The predicted octanol–water partition coefficient (Wildman–Crippen LogP) is 3.48. The van der Waals surface area contributed by atoms with Crippen LogP contribution in [0.15, 0.2) is 53.8 Å². The van der Waals surface area contributed by atoms with E-state index in [1.165, 1.54) is 7.11 Å². The quantitative estimate of drug-likeness (QED) is 0.274. The van der Waals surface area contributed by atoms with E-state index < -0.39 is 29.0 Å². The van der Waals surface area contributed by atoms with Crippen LogP contribution in [0.1, 0.15) is 41.8 Å². The first-order chi connectivity index (χ1) is 20.6. The van der Waals surface area contributed by atoms with Gasteiger partial charge >= 0.3 is 6.18 Å². The standard InChI is InChI=1S/C28H32F3N9O3/c1-18-10-32-27(33-11-18)38-9-8-22(15-38)39-14-21(36-37-39)17-43-16-19(2)35-24-12-34-40(26(41)25(24)28(29,30)31)13-20-4-6-23(42-3)7-5-20/h4-7,10-12,14,19,22,35H,8-9,13,15-17H2,1-3H3. The van der Waals surface area contributed by atoms with Gasteiger partial charge < -0.3 is 19.7 Å². The van der Waals surface area contributed by atoms with E-state index in [0.29, 0.717) is 29.5 Å². The summed E-state index contributed by atoms with van der Waals surface area (Å²) in [5.74, 6) is 1.27. The summed E-state index contributed by atoms with van der Waals surface area (Å²) < 4.78 is 55.3. The third-order valence-electron chi connectivity index (χ3n) is 6.98. The normalized spacial score (nSPS) is 16.0. The van der Waals surface area contributed by atoms with Gasteiger partial charge in [0.05, 0.1) is 51.0 Å². The van der Waals surface area contributed by atoms with Crippen LogP contribution in [0.5, 0.6) is 5.75 Å². The topological polar surface area (TPSA) is 125 Å². The zero-order chi connectivity index (χ0) is 30.6. The van der Waals surface area contributed by atoms with E-state index >= 15 is 0 Å². The Morgan fingerprint density at radius 2 is 1.88 bits per heavy atom. The second-order valence-electron chi connectivity index (χ2n) is 10.4. The van der Waals surface area contributed by atoms with Gasteiger partial charge in [0.1, 0.15) is 17.0 Å². The first-order valence-electron chi connectivity index (χ1n) is 13.7. The first-order valence-corrected chi connectivity index (χ1v) is 13.7. The molecule has 1 aromatic carbocycles. The maximum absolute atomic E-state index is 14.0. The van der Waals surface area contributed by atoms with Gasteiger partial charge in [-0.3, -0.25) is 4.79 Å². The molecule has 0 spiro atoms. The van der Waals surface area contributed by atoms with Gasteiger partial charge in [0.15, 0.2) is 0 Å². The zero-order valence-corrected chi connectivity index (χ0v) is 24.0. The van der Waals surface area contributed by atoms with E-state index in [1.54, 1.807) is 54.5 Å². The van der Waals surface area contributed by atoms with E-state index in [0.717, 1.165) is 29.4 Å². The lowest BCUT2D eigenvalue weighted by molar-refractivity contribution is -0.138. The van der Waals surface area contributed by atoms with Crippen LogP contribution >= 0.6 is 0 Å². The molecule has 0 amide bonds. The maximum Gasteiger partial charge on any atom is 0.423 e. The number of nitrogens with zero attached hydrogens (tertiary/aromatic N) is 8. The number of anilines is 2. The van der Waals surface area contributed by atoms with Crippen LogP contribution in [0.25, 0.3) is 0 Å². The third kappa shape index (κ3) is 7.28. The Hall–Kier alpha value is -4.53. The minimum Gasteiger partial charge on any atom is -0.497 e. The number of benzene rings is 1. The Bertz CT molecular complexity index is 1570. The number of ether oxygens (including phenoxy) is 2. The van der Waals surface area contributed by atoms with Crippen molar-refractivity contribution < 1.29 is 22.6 Å². The van der Waals surface area contributed by atoms with Crippen molar-refractivity contribution >= 4 is 11.6 Å². The van der Waals surface area contributed by atoms with Crippen LogP contribution < -0.4 is 20.5 Å². The summed E-state index contributed by atoms with van der Waals surface area (Å²) in [6.07, 6.45) is 2.36. The Labute approximate surface area is 245 Å². The number of hydrogen-bond acceptors (Lipinski definition) is 10. The van der Waals surface area contributed by atoms with Crippen LogP contribution in [-0.2, 0) is 24.1 Å². The van der Waals surface area contributed by atoms with Gasteiger partial charge in [-0.1, -0.05) is 17.3 Å². The minimum atomic E-state index is -4.88. The van der Waals surface area contributed by atoms with Crippen molar-refractivity contribution in [3.8, 4) is 5.75 Å². The molecule has 1 fully saturated rings. The molecule has 3 aromatic heterocycles. The van der Waals surface area contributed by atoms with Gasteiger partial charge in [0.2, 0.25) is 5.95 Å². The molecule has 0 saturated carbocycles. The Balaban J connectivity index is 1.16. The molecule has 1 aliphatic heterocycles. The molecule has 0 aliphatic carbocycles. The highest BCUT2D eigenvalue weighted by molar-refractivity contribution is 5.50. The van der Waals surface area contributed by atoms with E-state index in [9.17, 15) is 18.0 Å². The van der Waals surface area contributed by atoms with Gasteiger partial charge in [-0.25, -0.2) is 19.3 Å². The van der Waals surface area contributed by atoms with Gasteiger partial charge in [0, 0.05) is 31.5 Å². The van der Waals surface area contributed by atoms with Gasteiger partial charge in [-0.15, -0.1) is 5.10 Å². The number of aromatic nitrogens is 7. The predicted molar refractivity (Wildman–Crippen MR) is 151 cm³/mol. The Morgan fingerprint density at radius 1 is 1.14 bits per heavy atom. The van der Waals surface area contributed by atoms with Crippen LogP contribution in [0, 0.1) is 6.92 Å². The Kier molecular flexibility index (Phi) is 8.89. The molecule has 4 heterocycles. The first kappa shape index (κ1) is 29.9. The van der Waals surface area contributed by atoms with Gasteiger partial charge in [-0.2, -0.15) is 18.3 Å². The molecule has 12 nitrogen and oxygen atoms in total. The number of halogens is 3. The molecule has 5 rings (SSSR count). The largest absolute Gasteiger partial charge is 0.497 e. The molecule has 2 atom stereocenters. The molecule has 43 heavy (non-hydrogen) atoms. The van der Waals surface area contributed by atoms with Crippen molar-refractivity contribution in [1.82, 2.24) is 34.7 Å². The lowest BCUT2D eigenvalue weighted by Gasteiger charge is -2.19. The monoisotopic (exact) mass is 599 g/mol. The fraction of sp³-hybridized carbons (Fsp3) is 0.429. The van der Waals surface area contributed by atoms with Crippen molar-refractivity contribution in [1.29, 1.82) is 0 Å². The number of alkyl halides is 3. The molecule has 4 aromatic rings. The summed E-state index contributed by atoms with van der Waals surface area (Å²) in [6.45, 7) is 5.14. The molecule has 15 heteroatoms. The molecule has 1 saturated heterocycles. The fourth-order valence-electron chi connectivity index (χ4n) is 4.78. The molecular formula is C28H32F3N9O3. The molecule has 0 radical (unpaired) electrons. The molecule has 1 N–H and O–H groups in total. The molecular weight excluding hydrogens is 567 g/mol. The van der Waals surface area contributed by atoms with Crippen molar-refractivity contribution in [3.05, 3.63) is 81.8 Å². The average Bonchev–Trinajstić information content (AvgIpc) is 3.65. The highest BCUT2D eigenvalue weighted by Crippen LogP contribution is 2.32. The smallest absolute Gasteiger partial charge is 0.423 e. The summed E-state index contributed by atoms with van der Waals surface area (Å²) in [4.78, 5) is 23.7. The molecule has 228 valence electrons. The zero-order valence-electron chi connectivity index (χ0n) is 24.0. The van der Waals surface area contributed by atoms with Crippen molar-refractivity contribution in [2.24, 2.45) is 0 Å². The number of methoxy groups -OCH3 is 1. The number of rotatable bonds is 11. The fourth-order valence-corrected chi connectivity index (χ4v) is 4.78. The lowest BCUT2D eigenvalue weighted by Crippen LogP contribution is -2.34. The molecule has 2 unspecified atom stereocenters. The van der Waals surface area contributed by atoms with Gasteiger partial charge in [-0.05, 0) is 43.5 Å². The van der Waals surface area contributed by atoms with Crippen molar-refractivity contribution in [2.45, 2.75) is 51.7 Å². The summed E-state index contributed by atoms with van der Waals surface area (Å²) >= 11 is 0. The summed E-state index contributed by atoms with van der Waals surface area (Å²) in [6, 6.07) is 6.18. The average molecular weight is 600 g/mol. The summed E-state index contributed by atoms with van der Waals surface area (Å²) in [5, 5.41) is 15.1. The highest BCUT2D eigenvalue weighted by atomic mass is 19.4. The van der Waals surface area contributed by atoms with Crippen LogP contribution in [0.2, 0.25) is 0 Å². The summed E-state index contributed by atoms with van der Waals surface area (Å²) in [7, 11) is 1.51. The lowest BCUT2D eigenvalue weighted by atomic mass is 10.2. The number of aryl methyl sites for hydroxylation is 1.